The number of hydrogen-bond donors (Lipinski definition) is 0. The van der Waals surface area contributed by atoms with Gasteiger partial charge in [0, 0.05) is 6.54 Å². The lowest BCUT2D eigenvalue weighted by Gasteiger charge is -2.14. The van der Waals surface area contributed by atoms with Gasteiger partial charge in [-0.2, -0.15) is 0 Å². The molecule has 1 aliphatic rings. The van der Waals surface area contributed by atoms with Gasteiger partial charge in [0.1, 0.15) is 10.9 Å². The fraction of sp³-hybridized carbons (Fsp3) is 0.346. The van der Waals surface area contributed by atoms with E-state index in [0.29, 0.717) is 40.5 Å². The average Bonchev–Trinajstić information content (AvgIpc) is 3.09. The number of thioether (sulfide) groups is 1. The first-order valence-electron chi connectivity index (χ1n) is 11.3. The van der Waals surface area contributed by atoms with Crippen LogP contribution in [0.3, 0.4) is 0 Å². The standard InChI is InChI=1S/C26H29NO5S2/c1-4-14-31-24(28)12-13-27-25(29)23(34-26(27)33)16-19-10-11-21(22(15-19)30-5-2)32-17-20-9-7-6-8-18(20)3/h6-11,15-16H,4-5,12-14,17H2,1-3H3/b23-16-. The molecule has 34 heavy (non-hydrogen) atoms. The quantitative estimate of drug-likeness (QED) is 0.229. The highest BCUT2D eigenvalue weighted by Crippen LogP contribution is 2.35. The monoisotopic (exact) mass is 499 g/mol. The van der Waals surface area contributed by atoms with Gasteiger partial charge in [0.2, 0.25) is 0 Å². The van der Waals surface area contributed by atoms with Crippen LogP contribution < -0.4 is 9.47 Å². The molecule has 0 aliphatic carbocycles. The van der Waals surface area contributed by atoms with Gasteiger partial charge in [-0.05, 0) is 55.2 Å². The first-order valence-corrected chi connectivity index (χ1v) is 12.5. The number of ether oxygens (including phenoxy) is 3. The summed E-state index contributed by atoms with van der Waals surface area (Å²) in [7, 11) is 0. The largest absolute Gasteiger partial charge is 0.490 e. The average molecular weight is 500 g/mol. The molecule has 2 aromatic carbocycles. The van der Waals surface area contributed by atoms with Crippen molar-refractivity contribution in [3.8, 4) is 11.5 Å². The molecule has 1 amide bonds. The van der Waals surface area contributed by atoms with Gasteiger partial charge in [-0.25, -0.2) is 0 Å². The summed E-state index contributed by atoms with van der Waals surface area (Å²) in [6, 6.07) is 13.7. The number of hydrogen-bond acceptors (Lipinski definition) is 7. The van der Waals surface area contributed by atoms with E-state index in [1.807, 2.05) is 50.2 Å². The number of esters is 1. The van der Waals surface area contributed by atoms with Crippen molar-refractivity contribution in [1.82, 2.24) is 4.90 Å². The van der Waals surface area contributed by atoms with E-state index in [4.69, 9.17) is 26.4 Å². The Labute approximate surface area is 210 Å². The smallest absolute Gasteiger partial charge is 0.307 e. The molecule has 0 unspecified atom stereocenters. The van der Waals surface area contributed by atoms with Crippen molar-refractivity contribution in [3.05, 3.63) is 64.1 Å². The second-order valence-corrected chi connectivity index (χ2v) is 9.33. The van der Waals surface area contributed by atoms with Crippen LogP contribution in [0.15, 0.2) is 47.4 Å². The normalized spacial score (nSPS) is 14.6. The number of benzene rings is 2. The third-order valence-electron chi connectivity index (χ3n) is 5.09. The van der Waals surface area contributed by atoms with Crippen molar-refractivity contribution >= 4 is 46.3 Å². The number of rotatable bonds is 11. The predicted octanol–water partition coefficient (Wildman–Crippen LogP) is 5.52. The lowest BCUT2D eigenvalue weighted by molar-refractivity contribution is -0.143. The summed E-state index contributed by atoms with van der Waals surface area (Å²) >= 11 is 6.58. The van der Waals surface area contributed by atoms with Gasteiger partial charge in [0.05, 0.1) is 24.5 Å². The van der Waals surface area contributed by atoms with E-state index < -0.39 is 0 Å². The topological polar surface area (TPSA) is 65.1 Å². The molecule has 0 atom stereocenters. The molecule has 0 N–H and O–H groups in total. The van der Waals surface area contributed by atoms with Crippen LogP contribution in [-0.2, 0) is 20.9 Å². The molecule has 1 aliphatic heterocycles. The zero-order valence-corrected chi connectivity index (χ0v) is 21.3. The third-order valence-corrected chi connectivity index (χ3v) is 6.47. The minimum atomic E-state index is -0.331. The Morgan fingerprint density at radius 2 is 1.91 bits per heavy atom. The van der Waals surface area contributed by atoms with Gasteiger partial charge in [-0.3, -0.25) is 14.5 Å². The molecule has 1 heterocycles. The Hall–Kier alpha value is -2.84. The van der Waals surface area contributed by atoms with Crippen molar-refractivity contribution in [2.24, 2.45) is 0 Å². The van der Waals surface area contributed by atoms with Gasteiger partial charge in [-0.1, -0.05) is 61.2 Å². The van der Waals surface area contributed by atoms with Crippen molar-refractivity contribution in [3.63, 3.8) is 0 Å². The maximum Gasteiger partial charge on any atom is 0.307 e. The summed E-state index contributed by atoms with van der Waals surface area (Å²) in [6.45, 7) is 7.40. The highest BCUT2D eigenvalue weighted by atomic mass is 32.2. The van der Waals surface area contributed by atoms with Crippen molar-refractivity contribution < 1.29 is 23.8 Å². The maximum absolute atomic E-state index is 12.9. The number of amides is 1. The Kier molecular flexibility index (Phi) is 9.53. The Balaban J connectivity index is 1.70. The van der Waals surface area contributed by atoms with Crippen LogP contribution in [0.1, 0.15) is 43.4 Å². The second kappa shape index (κ2) is 12.6. The summed E-state index contributed by atoms with van der Waals surface area (Å²) in [6.07, 6.45) is 2.65. The van der Waals surface area contributed by atoms with Crippen LogP contribution in [-0.4, -0.2) is 40.9 Å². The summed E-state index contributed by atoms with van der Waals surface area (Å²) in [5.41, 5.74) is 3.07. The van der Waals surface area contributed by atoms with Crippen LogP contribution in [0, 0.1) is 6.92 Å². The van der Waals surface area contributed by atoms with E-state index in [0.717, 1.165) is 23.1 Å². The fourth-order valence-electron chi connectivity index (χ4n) is 3.26. The summed E-state index contributed by atoms with van der Waals surface area (Å²) in [5.74, 6) is 0.707. The van der Waals surface area contributed by atoms with Crippen LogP contribution in [0.2, 0.25) is 0 Å². The molecular formula is C26H29NO5S2. The van der Waals surface area contributed by atoms with E-state index >= 15 is 0 Å². The molecule has 180 valence electrons. The molecule has 0 aromatic heterocycles. The Morgan fingerprint density at radius 1 is 1.12 bits per heavy atom. The lowest BCUT2D eigenvalue weighted by atomic mass is 10.1. The first kappa shape index (κ1) is 25.8. The van der Waals surface area contributed by atoms with Gasteiger partial charge in [0.15, 0.2) is 11.5 Å². The van der Waals surface area contributed by atoms with Crippen molar-refractivity contribution in [1.29, 1.82) is 0 Å². The highest BCUT2D eigenvalue weighted by Gasteiger charge is 2.32. The summed E-state index contributed by atoms with van der Waals surface area (Å²) in [4.78, 5) is 26.6. The molecule has 2 aromatic rings. The molecule has 3 rings (SSSR count). The molecule has 8 heteroatoms. The minimum absolute atomic E-state index is 0.112. The van der Waals surface area contributed by atoms with Crippen LogP contribution in [0.5, 0.6) is 11.5 Å². The lowest BCUT2D eigenvalue weighted by Crippen LogP contribution is -2.30. The predicted molar refractivity (Wildman–Crippen MR) is 139 cm³/mol. The first-order chi connectivity index (χ1) is 16.4. The van der Waals surface area contributed by atoms with Crippen LogP contribution in [0.25, 0.3) is 6.08 Å². The molecule has 1 fully saturated rings. The summed E-state index contributed by atoms with van der Waals surface area (Å²) < 4.78 is 17.3. The molecule has 1 saturated heterocycles. The number of carbonyl (C=O) groups is 2. The molecule has 0 saturated carbocycles. The van der Waals surface area contributed by atoms with Gasteiger partial charge in [0.25, 0.3) is 5.91 Å². The number of aryl methyl sites for hydroxylation is 1. The molecule has 6 nitrogen and oxygen atoms in total. The molecule has 0 spiro atoms. The number of thiocarbonyl (C=S) groups is 1. The van der Waals surface area contributed by atoms with Crippen molar-refractivity contribution in [2.45, 2.75) is 40.2 Å². The number of nitrogens with zero attached hydrogens (tertiary/aromatic N) is 1. The van der Waals surface area contributed by atoms with E-state index in [9.17, 15) is 9.59 Å². The van der Waals surface area contributed by atoms with Crippen molar-refractivity contribution in [2.75, 3.05) is 19.8 Å². The van der Waals surface area contributed by atoms with Crippen LogP contribution >= 0.6 is 24.0 Å². The summed E-state index contributed by atoms with van der Waals surface area (Å²) in [5, 5.41) is 0. The fourth-order valence-corrected chi connectivity index (χ4v) is 4.57. The van der Waals surface area contributed by atoms with Gasteiger partial charge >= 0.3 is 5.97 Å². The molecule has 0 bridgehead atoms. The SMILES string of the molecule is CCCOC(=O)CCN1C(=O)/C(=C/c2ccc(OCc3ccccc3C)c(OCC)c2)SC1=S. The second-order valence-electron chi connectivity index (χ2n) is 7.66. The number of carbonyl (C=O) groups excluding carboxylic acids is 2. The molecular weight excluding hydrogens is 470 g/mol. The van der Waals surface area contributed by atoms with E-state index in [-0.39, 0.29) is 24.8 Å². The highest BCUT2D eigenvalue weighted by molar-refractivity contribution is 8.26. The minimum Gasteiger partial charge on any atom is -0.490 e. The Bertz CT molecular complexity index is 1080. The van der Waals surface area contributed by atoms with Gasteiger partial charge in [-0.15, -0.1) is 0 Å². The third kappa shape index (κ3) is 6.84. The molecule has 0 radical (unpaired) electrons. The maximum atomic E-state index is 12.9. The van der Waals surface area contributed by atoms with Gasteiger partial charge < -0.3 is 14.2 Å². The zero-order chi connectivity index (χ0) is 24.5. The zero-order valence-electron chi connectivity index (χ0n) is 19.7. The Morgan fingerprint density at radius 3 is 2.65 bits per heavy atom. The van der Waals surface area contributed by atoms with E-state index in [1.54, 1.807) is 6.08 Å². The van der Waals surface area contributed by atoms with Crippen LogP contribution in [0.4, 0.5) is 0 Å². The van der Waals surface area contributed by atoms with E-state index in [1.165, 1.54) is 16.7 Å². The van der Waals surface area contributed by atoms with E-state index in [2.05, 4.69) is 13.0 Å².